The van der Waals surface area contributed by atoms with Crippen molar-refractivity contribution < 1.29 is 14.7 Å². The van der Waals surface area contributed by atoms with Crippen LogP contribution in [0.15, 0.2) is 18.2 Å². The van der Waals surface area contributed by atoms with Gasteiger partial charge in [0.2, 0.25) is 5.91 Å². The number of benzene rings is 1. The highest BCUT2D eigenvalue weighted by atomic mass is 32.2. The highest BCUT2D eigenvalue weighted by molar-refractivity contribution is 7.99. The van der Waals surface area contributed by atoms with Gasteiger partial charge in [0.05, 0.1) is 11.2 Å². The highest BCUT2D eigenvalue weighted by Crippen LogP contribution is 2.48. The third-order valence-corrected chi connectivity index (χ3v) is 4.66. The first-order valence-corrected chi connectivity index (χ1v) is 8.26. The number of carboxylic acid groups (broad SMARTS) is 1. The molecule has 4 nitrogen and oxygen atoms in total. The first kappa shape index (κ1) is 15.9. The third kappa shape index (κ3) is 4.00. The number of aliphatic carboxylic acids is 1. The van der Waals surface area contributed by atoms with Crippen LogP contribution in [0.5, 0.6) is 0 Å². The Kier molecular flexibility index (Phi) is 4.93. The van der Waals surface area contributed by atoms with Crippen molar-refractivity contribution in [3.8, 4) is 0 Å². The molecule has 0 bridgehead atoms. The predicted octanol–water partition coefficient (Wildman–Crippen LogP) is 2.27. The molecule has 1 aromatic carbocycles. The molecule has 0 atom stereocenters. The van der Waals surface area contributed by atoms with Gasteiger partial charge in [-0.25, -0.2) is 0 Å². The van der Waals surface area contributed by atoms with Gasteiger partial charge in [-0.15, -0.1) is 11.8 Å². The van der Waals surface area contributed by atoms with Crippen molar-refractivity contribution in [2.75, 3.05) is 18.1 Å². The molecule has 0 aromatic heterocycles. The lowest BCUT2D eigenvalue weighted by molar-refractivity contribution is -0.133. The molecule has 0 unspecified atom stereocenters. The highest BCUT2D eigenvalue weighted by Gasteiger charge is 2.51. The summed E-state index contributed by atoms with van der Waals surface area (Å²) >= 11 is 1.32. The number of amides is 1. The molecule has 1 saturated carbocycles. The van der Waals surface area contributed by atoms with Crippen molar-refractivity contribution in [2.24, 2.45) is 0 Å². The molecule has 0 aliphatic heterocycles. The Morgan fingerprint density at radius 2 is 1.86 bits per heavy atom. The molecule has 5 heteroatoms. The quantitative estimate of drug-likeness (QED) is 0.758. The van der Waals surface area contributed by atoms with Crippen molar-refractivity contribution >= 4 is 23.6 Å². The summed E-state index contributed by atoms with van der Waals surface area (Å²) in [6.45, 7) is 4.61. The minimum absolute atomic E-state index is 0.0726. The summed E-state index contributed by atoms with van der Waals surface area (Å²) in [5.74, 6) is -0.0392. The topological polar surface area (TPSA) is 66.4 Å². The van der Waals surface area contributed by atoms with Gasteiger partial charge in [-0.2, -0.15) is 0 Å². The number of hydrogen-bond acceptors (Lipinski definition) is 3. The van der Waals surface area contributed by atoms with Crippen LogP contribution in [-0.4, -0.2) is 35.0 Å². The third-order valence-electron chi connectivity index (χ3n) is 3.72. The van der Waals surface area contributed by atoms with Crippen LogP contribution in [0, 0.1) is 13.8 Å². The zero-order valence-corrected chi connectivity index (χ0v) is 13.3. The number of hydrogen-bond donors (Lipinski definition) is 2. The molecule has 1 aliphatic carbocycles. The second-order valence-corrected chi connectivity index (χ2v) is 6.77. The molecule has 0 saturated heterocycles. The van der Waals surface area contributed by atoms with Crippen LogP contribution in [-0.2, 0) is 15.0 Å². The van der Waals surface area contributed by atoms with Crippen LogP contribution >= 0.6 is 11.8 Å². The molecular weight excluding hydrogens is 286 g/mol. The first-order chi connectivity index (χ1) is 9.94. The van der Waals surface area contributed by atoms with E-state index in [4.69, 9.17) is 5.11 Å². The second-order valence-electron chi connectivity index (χ2n) is 5.66. The minimum Gasteiger partial charge on any atom is -0.481 e. The van der Waals surface area contributed by atoms with Crippen LogP contribution in [0.1, 0.15) is 29.5 Å². The fraction of sp³-hybridized carbons (Fsp3) is 0.500. The molecule has 0 spiro atoms. The minimum atomic E-state index is -0.819. The number of aryl methyl sites for hydroxylation is 2. The molecule has 2 rings (SSSR count). The molecule has 2 N–H and O–H groups in total. The van der Waals surface area contributed by atoms with Crippen LogP contribution in [0.3, 0.4) is 0 Å². The molecule has 1 aliphatic rings. The maximum absolute atomic E-state index is 12.4. The number of carboxylic acids is 1. The summed E-state index contributed by atoms with van der Waals surface area (Å²) in [7, 11) is 0. The van der Waals surface area contributed by atoms with E-state index in [2.05, 4.69) is 23.5 Å². The Bertz CT molecular complexity index is 532. The van der Waals surface area contributed by atoms with Gasteiger partial charge in [-0.05, 0) is 32.3 Å². The SMILES string of the molecule is Cc1cc(C)cc(C2(C(=O)NCCSCC(=O)O)CC2)c1. The largest absolute Gasteiger partial charge is 0.481 e. The lowest BCUT2D eigenvalue weighted by Crippen LogP contribution is -2.36. The van der Waals surface area contributed by atoms with E-state index in [1.807, 2.05) is 13.8 Å². The number of nitrogens with one attached hydrogen (secondary N) is 1. The van der Waals surface area contributed by atoms with Gasteiger partial charge in [0.15, 0.2) is 0 Å². The van der Waals surface area contributed by atoms with E-state index in [1.165, 1.54) is 22.9 Å². The fourth-order valence-corrected chi connectivity index (χ4v) is 3.15. The maximum Gasteiger partial charge on any atom is 0.313 e. The van der Waals surface area contributed by atoms with E-state index in [-0.39, 0.29) is 17.1 Å². The monoisotopic (exact) mass is 307 g/mol. The van der Waals surface area contributed by atoms with Crippen LogP contribution in [0.25, 0.3) is 0 Å². The average Bonchev–Trinajstić information content (AvgIpc) is 3.18. The van der Waals surface area contributed by atoms with Crippen LogP contribution in [0.4, 0.5) is 0 Å². The molecule has 0 heterocycles. The number of carbonyl (C=O) groups is 2. The number of rotatable bonds is 7. The molecular formula is C16H21NO3S. The zero-order chi connectivity index (χ0) is 15.5. The number of carbonyl (C=O) groups excluding carboxylic acids is 1. The Hall–Kier alpha value is -1.49. The molecule has 1 amide bonds. The molecule has 1 fully saturated rings. The van der Waals surface area contributed by atoms with Gasteiger partial charge in [-0.1, -0.05) is 29.3 Å². The van der Waals surface area contributed by atoms with Crippen LogP contribution < -0.4 is 5.32 Å². The zero-order valence-electron chi connectivity index (χ0n) is 12.4. The van der Waals surface area contributed by atoms with E-state index in [0.717, 1.165) is 18.4 Å². The Morgan fingerprint density at radius 1 is 1.24 bits per heavy atom. The maximum atomic E-state index is 12.4. The van der Waals surface area contributed by atoms with Crippen molar-refractivity contribution in [2.45, 2.75) is 32.1 Å². The molecule has 21 heavy (non-hydrogen) atoms. The van der Waals surface area contributed by atoms with Gasteiger partial charge < -0.3 is 10.4 Å². The lowest BCUT2D eigenvalue weighted by atomic mass is 9.92. The molecule has 1 aromatic rings. The van der Waals surface area contributed by atoms with E-state index in [1.54, 1.807) is 0 Å². The predicted molar refractivity (Wildman–Crippen MR) is 84.8 cm³/mol. The average molecular weight is 307 g/mol. The van der Waals surface area contributed by atoms with Crippen molar-refractivity contribution in [1.29, 1.82) is 0 Å². The van der Waals surface area contributed by atoms with Crippen molar-refractivity contribution in [1.82, 2.24) is 5.32 Å². The van der Waals surface area contributed by atoms with Gasteiger partial charge in [0.25, 0.3) is 0 Å². The van der Waals surface area contributed by atoms with Gasteiger partial charge >= 0.3 is 5.97 Å². The van der Waals surface area contributed by atoms with Gasteiger partial charge in [-0.3, -0.25) is 9.59 Å². The first-order valence-electron chi connectivity index (χ1n) is 7.11. The summed E-state index contributed by atoms with van der Waals surface area (Å²) < 4.78 is 0. The number of thioether (sulfide) groups is 1. The second kappa shape index (κ2) is 6.52. The summed E-state index contributed by atoms with van der Waals surface area (Å²) in [5.41, 5.74) is 3.12. The Labute approximate surface area is 129 Å². The van der Waals surface area contributed by atoms with Crippen LogP contribution in [0.2, 0.25) is 0 Å². The van der Waals surface area contributed by atoms with Crippen molar-refractivity contribution in [3.05, 3.63) is 34.9 Å². The van der Waals surface area contributed by atoms with Gasteiger partial charge in [0, 0.05) is 12.3 Å². The fourth-order valence-electron chi connectivity index (χ4n) is 2.59. The van der Waals surface area contributed by atoms with E-state index < -0.39 is 5.97 Å². The summed E-state index contributed by atoms with van der Waals surface area (Å²) in [4.78, 5) is 22.8. The van der Waals surface area contributed by atoms with E-state index in [9.17, 15) is 9.59 Å². The van der Waals surface area contributed by atoms with Gasteiger partial charge in [0.1, 0.15) is 0 Å². The Balaban J connectivity index is 1.91. The van der Waals surface area contributed by atoms with E-state index in [0.29, 0.717) is 12.3 Å². The van der Waals surface area contributed by atoms with E-state index >= 15 is 0 Å². The Morgan fingerprint density at radius 3 is 2.38 bits per heavy atom. The smallest absolute Gasteiger partial charge is 0.313 e. The van der Waals surface area contributed by atoms with Crippen molar-refractivity contribution in [3.63, 3.8) is 0 Å². The molecule has 114 valence electrons. The normalized spacial score (nSPS) is 15.5. The molecule has 0 radical (unpaired) electrons. The standard InChI is InChI=1S/C16H21NO3S/c1-11-7-12(2)9-13(8-11)16(3-4-16)15(20)17-5-6-21-10-14(18)19/h7-9H,3-6,10H2,1-2H3,(H,17,20)(H,18,19). The summed E-state index contributed by atoms with van der Waals surface area (Å²) in [5, 5.41) is 11.5. The summed E-state index contributed by atoms with van der Waals surface area (Å²) in [6, 6.07) is 6.30. The lowest BCUT2D eigenvalue weighted by Gasteiger charge is -2.17. The summed E-state index contributed by atoms with van der Waals surface area (Å²) in [6.07, 6.45) is 1.79.